The summed E-state index contributed by atoms with van der Waals surface area (Å²) in [7, 11) is 0. The zero-order valence-electron chi connectivity index (χ0n) is 14.5. The van der Waals surface area contributed by atoms with Crippen LogP contribution in [0.25, 0.3) is 6.08 Å². The van der Waals surface area contributed by atoms with Crippen molar-refractivity contribution in [3.05, 3.63) is 70.3 Å². The van der Waals surface area contributed by atoms with Crippen LogP contribution in [0.2, 0.25) is 0 Å². The molecule has 1 heterocycles. The van der Waals surface area contributed by atoms with Crippen LogP contribution in [0.4, 0.5) is 32.0 Å². The summed E-state index contributed by atoms with van der Waals surface area (Å²) < 4.78 is 80.6. The third-order valence-corrected chi connectivity index (χ3v) is 4.17. The van der Waals surface area contributed by atoms with Crippen molar-refractivity contribution >= 4 is 23.4 Å². The summed E-state index contributed by atoms with van der Waals surface area (Å²) in [6.07, 6.45) is -8.32. The van der Waals surface area contributed by atoms with E-state index in [0.29, 0.717) is 17.3 Å². The summed E-state index contributed by atoms with van der Waals surface area (Å²) in [6.45, 7) is 0. The molecule has 29 heavy (non-hydrogen) atoms. The lowest BCUT2D eigenvalue weighted by atomic mass is 9.92. The highest BCUT2D eigenvalue weighted by molar-refractivity contribution is 6.13. The molecule has 4 nitrogen and oxygen atoms in total. The van der Waals surface area contributed by atoms with E-state index in [2.05, 4.69) is 10.5 Å². The van der Waals surface area contributed by atoms with Crippen LogP contribution in [0.3, 0.4) is 0 Å². The summed E-state index contributed by atoms with van der Waals surface area (Å²) in [6, 6.07) is 7.37. The molecule has 0 aromatic heterocycles. The molecule has 0 saturated carbocycles. The smallest absolute Gasteiger partial charge is 0.369 e. The van der Waals surface area contributed by atoms with Gasteiger partial charge in [-0.05, 0) is 35.4 Å². The number of alkyl halides is 6. The minimum atomic E-state index is -5.10. The van der Waals surface area contributed by atoms with Crippen LogP contribution in [-0.4, -0.2) is 11.6 Å². The van der Waals surface area contributed by atoms with E-state index < -0.39 is 46.9 Å². The molecule has 0 fully saturated rings. The Morgan fingerprint density at radius 2 is 1.62 bits per heavy atom. The molecule has 0 bridgehead atoms. The standard InChI is InChI=1S/C19H13F6N3O/c20-18(21,22)13-9-14(19(23,24)25)12(7-11(13)8-17(26)29)16-6-5-10-3-1-2-4-15(10)27-28-16/h1-7,9,27H,8H2,(H2,26,29). The summed E-state index contributed by atoms with van der Waals surface area (Å²) in [5, 5.41) is 3.90. The van der Waals surface area contributed by atoms with Gasteiger partial charge in [0.2, 0.25) is 5.91 Å². The molecule has 0 aliphatic carbocycles. The van der Waals surface area contributed by atoms with Gasteiger partial charge in [0.1, 0.15) is 0 Å². The van der Waals surface area contributed by atoms with Gasteiger partial charge in [0, 0.05) is 5.56 Å². The average molecular weight is 413 g/mol. The second kappa shape index (κ2) is 7.26. The van der Waals surface area contributed by atoms with E-state index in [1.807, 2.05) is 0 Å². The summed E-state index contributed by atoms with van der Waals surface area (Å²) in [5.41, 5.74) is 4.14. The molecule has 3 rings (SSSR count). The molecule has 1 aliphatic heterocycles. The number of hydrazone groups is 1. The maximum absolute atomic E-state index is 13.6. The van der Waals surface area contributed by atoms with Crippen LogP contribution in [0.1, 0.15) is 27.8 Å². The number of rotatable bonds is 3. The van der Waals surface area contributed by atoms with Gasteiger partial charge in [-0.25, -0.2) is 0 Å². The molecular weight excluding hydrogens is 400 g/mol. The van der Waals surface area contributed by atoms with Crippen LogP contribution in [-0.2, 0) is 23.6 Å². The average Bonchev–Trinajstić information content (AvgIpc) is 2.81. The number of anilines is 1. The maximum Gasteiger partial charge on any atom is 0.417 e. The fourth-order valence-electron chi connectivity index (χ4n) is 2.91. The zero-order chi connectivity index (χ0) is 21.4. The molecule has 0 saturated heterocycles. The van der Waals surface area contributed by atoms with E-state index in [9.17, 15) is 31.1 Å². The maximum atomic E-state index is 13.6. The fraction of sp³-hybridized carbons (Fsp3) is 0.158. The van der Waals surface area contributed by atoms with Crippen molar-refractivity contribution in [3.63, 3.8) is 0 Å². The molecule has 1 amide bonds. The first kappa shape index (κ1) is 20.4. The van der Waals surface area contributed by atoms with Crippen LogP contribution < -0.4 is 11.2 Å². The van der Waals surface area contributed by atoms with Crippen molar-refractivity contribution in [2.45, 2.75) is 18.8 Å². The van der Waals surface area contributed by atoms with Gasteiger partial charge >= 0.3 is 12.4 Å². The monoisotopic (exact) mass is 413 g/mol. The normalized spacial score (nSPS) is 13.9. The lowest BCUT2D eigenvalue weighted by Gasteiger charge is -2.19. The largest absolute Gasteiger partial charge is 0.417 e. The first-order valence-corrected chi connectivity index (χ1v) is 8.17. The number of nitrogens with one attached hydrogen (secondary N) is 1. The van der Waals surface area contributed by atoms with Crippen molar-refractivity contribution in [1.82, 2.24) is 0 Å². The zero-order valence-corrected chi connectivity index (χ0v) is 14.5. The molecule has 0 spiro atoms. The lowest BCUT2D eigenvalue weighted by molar-refractivity contribution is -0.143. The quantitative estimate of drug-likeness (QED) is 0.723. The molecule has 2 aromatic carbocycles. The van der Waals surface area contributed by atoms with Crippen molar-refractivity contribution < 1.29 is 31.1 Å². The van der Waals surface area contributed by atoms with Gasteiger partial charge in [0.15, 0.2) is 0 Å². The minimum absolute atomic E-state index is 0.0119. The number of nitrogens with zero attached hydrogens (tertiary/aromatic N) is 1. The van der Waals surface area contributed by atoms with Gasteiger partial charge < -0.3 is 5.73 Å². The van der Waals surface area contributed by atoms with E-state index in [1.54, 1.807) is 24.3 Å². The number of allylic oxidation sites excluding steroid dienone is 1. The Kier molecular flexibility index (Phi) is 5.12. The van der Waals surface area contributed by atoms with Crippen LogP contribution in [0.15, 0.2) is 47.6 Å². The highest BCUT2D eigenvalue weighted by Crippen LogP contribution is 2.40. The van der Waals surface area contributed by atoms with Gasteiger partial charge in [0.25, 0.3) is 0 Å². The molecule has 0 unspecified atom stereocenters. The topological polar surface area (TPSA) is 67.5 Å². The van der Waals surface area contributed by atoms with Gasteiger partial charge in [-0.1, -0.05) is 24.3 Å². The number of carbonyl (C=O) groups is 1. The van der Waals surface area contributed by atoms with Crippen molar-refractivity contribution in [1.29, 1.82) is 0 Å². The summed E-state index contributed by atoms with van der Waals surface area (Å²) in [5.74, 6) is -1.11. The van der Waals surface area contributed by atoms with E-state index in [0.717, 1.165) is 0 Å². The molecule has 10 heteroatoms. The van der Waals surface area contributed by atoms with Crippen LogP contribution in [0, 0.1) is 0 Å². The number of benzene rings is 2. The SMILES string of the molecule is NC(=O)Cc1cc(C2=NNc3ccccc3C=C2)c(C(F)(F)F)cc1C(F)(F)F. The number of primary amides is 1. The molecule has 152 valence electrons. The Bertz CT molecular complexity index is 1020. The first-order chi connectivity index (χ1) is 13.5. The predicted molar refractivity (Wildman–Crippen MR) is 95.0 cm³/mol. The number of para-hydroxylation sites is 1. The number of nitrogens with two attached hydrogens (primary N) is 1. The third kappa shape index (κ3) is 4.41. The van der Waals surface area contributed by atoms with E-state index >= 15 is 0 Å². The predicted octanol–water partition coefficient (Wildman–Crippen LogP) is 4.60. The highest BCUT2D eigenvalue weighted by Gasteiger charge is 2.41. The van der Waals surface area contributed by atoms with Crippen molar-refractivity contribution in [3.8, 4) is 0 Å². The Hall–Kier alpha value is -3.30. The van der Waals surface area contributed by atoms with E-state index in [1.165, 1.54) is 12.2 Å². The lowest BCUT2D eigenvalue weighted by Crippen LogP contribution is -2.22. The number of hydrogen-bond acceptors (Lipinski definition) is 3. The molecular formula is C19H13F6N3O. The van der Waals surface area contributed by atoms with Crippen LogP contribution in [0.5, 0.6) is 0 Å². The number of fused-ring (bicyclic) bond motifs is 1. The van der Waals surface area contributed by atoms with Gasteiger partial charge in [0.05, 0.1) is 28.9 Å². The highest BCUT2D eigenvalue weighted by atomic mass is 19.4. The molecule has 0 atom stereocenters. The fourth-order valence-corrected chi connectivity index (χ4v) is 2.91. The molecule has 1 aliphatic rings. The molecule has 0 radical (unpaired) electrons. The summed E-state index contributed by atoms with van der Waals surface area (Å²) in [4.78, 5) is 11.2. The van der Waals surface area contributed by atoms with Gasteiger partial charge in [-0.2, -0.15) is 31.4 Å². The third-order valence-electron chi connectivity index (χ3n) is 4.17. The Balaban J connectivity index is 2.22. The van der Waals surface area contributed by atoms with E-state index in [4.69, 9.17) is 5.73 Å². The molecule has 3 N–H and O–H groups in total. The Labute approximate surface area is 160 Å². The van der Waals surface area contributed by atoms with Crippen LogP contribution >= 0.6 is 0 Å². The van der Waals surface area contributed by atoms with E-state index in [-0.39, 0.29) is 11.8 Å². The second-order valence-electron chi connectivity index (χ2n) is 6.22. The number of halogens is 6. The number of hydrogen-bond donors (Lipinski definition) is 2. The summed E-state index contributed by atoms with van der Waals surface area (Å²) >= 11 is 0. The Morgan fingerprint density at radius 1 is 0.966 bits per heavy atom. The first-order valence-electron chi connectivity index (χ1n) is 8.17. The molecule has 2 aromatic rings. The Morgan fingerprint density at radius 3 is 2.24 bits per heavy atom. The number of carbonyl (C=O) groups excluding carboxylic acids is 1. The van der Waals surface area contributed by atoms with Gasteiger partial charge in [-0.15, -0.1) is 0 Å². The number of amides is 1. The van der Waals surface area contributed by atoms with Crippen molar-refractivity contribution in [2.75, 3.05) is 5.43 Å². The van der Waals surface area contributed by atoms with Gasteiger partial charge in [-0.3, -0.25) is 10.2 Å². The van der Waals surface area contributed by atoms with Crippen molar-refractivity contribution in [2.24, 2.45) is 10.8 Å². The second-order valence-corrected chi connectivity index (χ2v) is 6.22. The minimum Gasteiger partial charge on any atom is -0.369 e.